The van der Waals surface area contributed by atoms with Crippen molar-refractivity contribution in [3.63, 3.8) is 0 Å². The van der Waals surface area contributed by atoms with Crippen LogP contribution in [0.4, 0.5) is 0 Å². The maximum atomic E-state index is 11.9. The molecule has 1 aliphatic rings. The first kappa shape index (κ1) is 11.2. The molecule has 0 radical (unpaired) electrons. The highest BCUT2D eigenvalue weighted by molar-refractivity contribution is 5.80. The lowest BCUT2D eigenvalue weighted by Gasteiger charge is -2.17. The average Bonchev–Trinajstić information content (AvgIpc) is 2.88. The summed E-state index contributed by atoms with van der Waals surface area (Å²) in [6, 6.07) is 1.98. The van der Waals surface area contributed by atoms with Crippen LogP contribution in [0, 0.1) is 5.92 Å². The van der Waals surface area contributed by atoms with Crippen LogP contribution in [0.15, 0.2) is 18.5 Å². The Bertz CT molecular complexity index is 347. The van der Waals surface area contributed by atoms with Gasteiger partial charge in [0, 0.05) is 18.4 Å². The second-order valence-corrected chi connectivity index (χ2v) is 4.79. The summed E-state index contributed by atoms with van der Waals surface area (Å²) < 4.78 is 1.69. The summed E-state index contributed by atoms with van der Waals surface area (Å²) >= 11 is 0. The molecule has 2 rings (SSSR count). The van der Waals surface area contributed by atoms with Gasteiger partial charge in [0.1, 0.15) is 6.04 Å². The van der Waals surface area contributed by atoms with Gasteiger partial charge in [-0.15, -0.1) is 0 Å². The molecule has 3 unspecified atom stereocenters. The third kappa shape index (κ3) is 2.43. The molecular formula is C12H19N3O. The largest absolute Gasteiger partial charge is 0.352 e. The smallest absolute Gasteiger partial charge is 0.244 e. The van der Waals surface area contributed by atoms with Gasteiger partial charge in [0.05, 0.1) is 0 Å². The van der Waals surface area contributed by atoms with Crippen molar-refractivity contribution in [2.45, 2.75) is 45.2 Å². The van der Waals surface area contributed by atoms with Gasteiger partial charge in [0.2, 0.25) is 5.91 Å². The quantitative estimate of drug-likeness (QED) is 0.845. The summed E-state index contributed by atoms with van der Waals surface area (Å²) in [4.78, 5) is 11.9. The Balaban J connectivity index is 1.88. The van der Waals surface area contributed by atoms with E-state index in [1.165, 1.54) is 6.42 Å². The van der Waals surface area contributed by atoms with Crippen LogP contribution in [-0.4, -0.2) is 21.7 Å². The number of amides is 1. The number of aromatic nitrogens is 2. The van der Waals surface area contributed by atoms with Gasteiger partial charge < -0.3 is 5.32 Å². The predicted molar refractivity (Wildman–Crippen MR) is 61.9 cm³/mol. The number of hydrogen-bond acceptors (Lipinski definition) is 2. The molecule has 4 nitrogen and oxygen atoms in total. The van der Waals surface area contributed by atoms with E-state index >= 15 is 0 Å². The lowest BCUT2D eigenvalue weighted by Crippen LogP contribution is -2.37. The monoisotopic (exact) mass is 221 g/mol. The molecule has 1 aromatic rings. The van der Waals surface area contributed by atoms with Gasteiger partial charge in [0.15, 0.2) is 0 Å². The van der Waals surface area contributed by atoms with Gasteiger partial charge in [-0.1, -0.05) is 6.92 Å². The van der Waals surface area contributed by atoms with Crippen molar-refractivity contribution >= 4 is 5.91 Å². The number of carbonyl (C=O) groups excluding carboxylic acids is 1. The Morgan fingerprint density at radius 1 is 1.56 bits per heavy atom. The highest BCUT2D eigenvalue weighted by Crippen LogP contribution is 2.24. The highest BCUT2D eigenvalue weighted by atomic mass is 16.2. The summed E-state index contributed by atoms with van der Waals surface area (Å²) in [6.45, 7) is 4.11. The summed E-state index contributed by atoms with van der Waals surface area (Å²) in [7, 11) is 0. The Morgan fingerprint density at radius 2 is 2.38 bits per heavy atom. The first-order valence-corrected chi connectivity index (χ1v) is 5.96. The SMILES string of the molecule is CC1CCC(NC(=O)C(C)n2cccn2)C1. The number of carbonyl (C=O) groups is 1. The molecule has 1 fully saturated rings. The second kappa shape index (κ2) is 4.68. The predicted octanol–water partition coefficient (Wildman–Crippen LogP) is 1.75. The van der Waals surface area contributed by atoms with Gasteiger partial charge in [-0.3, -0.25) is 9.48 Å². The Hall–Kier alpha value is -1.32. The van der Waals surface area contributed by atoms with Gasteiger partial charge in [-0.2, -0.15) is 5.10 Å². The van der Waals surface area contributed by atoms with Crippen LogP contribution in [0.3, 0.4) is 0 Å². The van der Waals surface area contributed by atoms with E-state index in [2.05, 4.69) is 17.3 Å². The molecule has 0 saturated heterocycles. The van der Waals surface area contributed by atoms with Crippen molar-refractivity contribution in [1.82, 2.24) is 15.1 Å². The van der Waals surface area contributed by atoms with Crippen molar-refractivity contribution in [3.05, 3.63) is 18.5 Å². The molecule has 1 heterocycles. The standard InChI is InChI=1S/C12H19N3O/c1-9-4-5-11(8-9)14-12(16)10(2)15-7-3-6-13-15/h3,6-7,9-11H,4-5,8H2,1-2H3,(H,14,16). The van der Waals surface area contributed by atoms with E-state index in [9.17, 15) is 4.79 Å². The van der Waals surface area contributed by atoms with Crippen LogP contribution >= 0.6 is 0 Å². The minimum Gasteiger partial charge on any atom is -0.352 e. The highest BCUT2D eigenvalue weighted by Gasteiger charge is 2.25. The van der Waals surface area contributed by atoms with Crippen LogP contribution in [0.25, 0.3) is 0 Å². The van der Waals surface area contributed by atoms with Crippen LogP contribution in [0.5, 0.6) is 0 Å². The maximum absolute atomic E-state index is 11.9. The van der Waals surface area contributed by atoms with Gasteiger partial charge >= 0.3 is 0 Å². The van der Waals surface area contributed by atoms with Crippen LogP contribution in [0.2, 0.25) is 0 Å². The second-order valence-electron chi connectivity index (χ2n) is 4.79. The number of nitrogens with one attached hydrogen (secondary N) is 1. The van der Waals surface area contributed by atoms with Crippen molar-refractivity contribution in [1.29, 1.82) is 0 Å². The lowest BCUT2D eigenvalue weighted by molar-refractivity contribution is -0.124. The maximum Gasteiger partial charge on any atom is 0.244 e. The molecule has 1 saturated carbocycles. The fraction of sp³-hybridized carbons (Fsp3) is 0.667. The molecular weight excluding hydrogens is 202 g/mol. The molecule has 1 N–H and O–H groups in total. The first-order valence-electron chi connectivity index (χ1n) is 5.96. The molecule has 16 heavy (non-hydrogen) atoms. The molecule has 88 valence electrons. The number of hydrogen-bond donors (Lipinski definition) is 1. The van der Waals surface area contributed by atoms with Crippen molar-refractivity contribution in [2.75, 3.05) is 0 Å². The molecule has 1 aliphatic carbocycles. The van der Waals surface area contributed by atoms with E-state index in [-0.39, 0.29) is 11.9 Å². The first-order chi connectivity index (χ1) is 7.66. The van der Waals surface area contributed by atoms with E-state index < -0.39 is 0 Å². The molecule has 3 atom stereocenters. The van der Waals surface area contributed by atoms with Crippen LogP contribution in [-0.2, 0) is 4.79 Å². The normalized spacial score (nSPS) is 26.6. The molecule has 0 aliphatic heterocycles. The zero-order valence-electron chi connectivity index (χ0n) is 9.89. The summed E-state index contributed by atoms with van der Waals surface area (Å²) in [5.41, 5.74) is 0. The fourth-order valence-electron chi connectivity index (χ4n) is 2.29. The van der Waals surface area contributed by atoms with Gasteiger partial charge in [-0.05, 0) is 38.2 Å². The summed E-state index contributed by atoms with van der Waals surface area (Å²) in [6.07, 6.45) is 6.96. The van der Waals surface area contributed by atoms with E-state index in [1.54, 1.807) is 10.9 Å². The van der Waals surface area contributed by atoms with Crippen molar-refractivity contribution < 1.29 is 4.79 Å². The van der Waals surface area contributed by atoms with Crippen molar-refractivity contribution in [3.8, 4) is 0 Å². The minimum atomic E-state index is -0.217. The van der Waals surface area contributed by atoms with Gasteiger partial charge in [0.25, 0.3) is 0 Å². The van der Waals surface area contributed by atoms with E-state index in [4.69, 9.17) is 0 Å². The molecule has 1 aromatic heterocycles. The molecule has 1 amide bonds. The topological polar surface area (TPSA) is 46.9 Å². The van der Waals surface area contributed by atoms with Gasteiger partial charge in [-0.25, -0.2) is 0 Å². The summed E-state index contributed by atoms with van der Waals surface area (Å²) in [5, 5.41) is 7.18. The van der Waals surface area contributed by atoms with E-state index in [0.717, 1.165) is 18.8 Å². The average molecular weight is 221 g/mol. The minimum absolute atomic E-state index is 0.0720. The molecule has 0 spiro atoms. The van der Waals surface area contributed by atoms with Crippen molar-refractivity contribution in [2.24, 2.45) is 5.92 Å². The Morgan fingerprint density at radius 3 is 2.94 bits per heavy atom. The molecule has 0 aromatic carbocycles. The number of rotatable bonds is 3. The molecule has 4 heteroatoms. The Labute approximate surface area is 96.0 Å². The summed E-state index contributed by atoms with van der Waals surface area (Å²) in [5.74, 6) is 0.813. The third-order valence-corrected chi connectivity index (χ3v) is 3.34. The van der Waals surface area contributed by atoms with Crippen LogP contribution in [0.1, 0.15) is 39.2 Å². The van der Waals surface area contributed by atoms with E-state index in [0.29, 0.717) is 6.04 Å². The fourth-order valence-corrected chi connectivity index (χ4v) is 2.29. The zero-order chi connectivity index (χ0) is 11.5. The number of nitrogens with zero attached hydrogens (tertiary/aromatic N) is 2. The van der Waals surface area contributed by atoms with E-state index in [1.807, 2.05) is 19.2 Å². The zero-order valence-corrected chi connectivity index (χ0v) is 9.89. The Kier molecular flexibility index (Phi) is 3.27. The lowest BCUT2D eigenvalue weighted by atomic mass is 10.1. The third-order valence-electron chi connectivity index (χ3n) is 3.34. The van der Waals surface area contributed by atoms with Crippen LogP contribution < -0.4 is 5.32 Å². The molecule has 0 bridgehead atoms.